The van der Waals surface area contributed by atoms with Gasteiger partial charge in [-0.1, -0.05) is 20.4 Å². The average molecular weight is 288 g/mol. The molecule has 2 aromatic rings. The van der Waals surface area contributed by atoms with Crippen molar-refractivity contribution in [3.8, 4) is 0 Å². The number of aromatic nitrogens is 2. The van der Waals surface area contributed by atoms with Crippen molar-refractivity contribution in [2.24, 2.45) is 0 Å². The third kappa shape index (κ3) is 2.73. The lowest BCUT2D eigenvalue weighted by molar-refractivity contribution is 0.612. The first-order valence-corrected chi connectivity index (χ1v) is 5.77. The molecule has 0 fully saturated rings. The minimum Gasteiger partial charge on any atom is -0.370 e. The molecule has 0 aliphatic rings. The molecule has 0 radical (unpaired) electrons. The molecule has 0 bridgehead atoms. The summed E-state index contributed by atoms with van der Waals surface area (Å²) in [6, 6.07) is 4.86. The smallest absolute Gasteiger partial charge is 0.130 e. The summed E-state index contributed by atoms with van der Waals surface area (Å²) in [6.45, 7) is 0.426. The molecule has 0 saturated carbocycles. The minimum atomic E-state index is -0.219. The molecule has 3 nitrogen and oxygen atoms in total. The monoisotopic (exact) mass is 287 g/mol. The van der Waals surface area contributed by atoms with Crippen LogP contribution < -0.4 is 5.32 Å². The summed E-state index contributed by atoms with van der Waals surface area (Å²) < 4.78 is 17.9. The van der Waals surface area contributed by atoms with Crippen LogP contribution in [-0.4, -0.2) is 9.59 Å². The van der Waals surface area contributed by atoms with Gasteiger partial charge in [0, 0.05) is 28.1 Å². The lowest BCUT2D eigenvalue weighted by Gasteiger charge is -2.04. The predicted molar refractivity (Wildman–Crippen MR) is 61.3 cm³/mol. The minimum absolute atomic E-state index is 0.219. The van der Waals surface area contributed by atoms with Crippen molar-refractivity contribution in [2.75, 3.05) is 5.32 Å². The van der Waals surface area contributed by atoms with Gasteiger partial charge in [-0.2, -0.15) is 0 Å². The van der Waals surface area contributed by atoms with E-state index in [2.05, 4.69) is 30.8 Å². The second kappa shape index (κ2) is 4.67. The predicted octanol–water partition coefficient (Wildman–Crippen LogP) is 3.05. The van der Waals surface area contributed by atoms with Crippen molar-refractivity contribution in [3.63, 3.8) is 0 Å². The first kappa shape index (κ1) is 10.5. The summed E-state index contributed by atoms with van der Waals surface area (Å²) in [5.41, 5.74) is 0.609. The van der Waals surface area contributed by atoms with E-state index in [1.54, 1.807) is 18.3 Å². The fourth-order valence-electron chi connectivity index (χ4n) is 1.11. The van der Waals surface area contributed by atoms with Gasteiger partial charge in [0.2, 0.25) is 0 Å². The Labute approximate surface area is 98.6 Å². The molecule has 0 unspecified atom stereocenters. The fraction of sp³-hybridized carbons (Fsp3) is 0.111. The summed E-state index contributed by atoms with van der Waals surface area (Å²) in [5.74, 6) is -0.219. The zero-order valence-corrected chi connectivity index (χ0v) is 9.98. The Kier molecular flexibility index (Phi) is 3.27. The van der Waals surface area contributed by atoms with Gasteiger partial charge in [-0.3, -0.25) is 0 Å². The average Bonchev–Trinajstić information content (AvgIpc) is 2.72. The number of hydrogen-bond donors (Lipinski definition) is 1. The van der Waals surface area contributed by atoms with Crippen LogP contribution in [0.5, 0.6) is 0 Å². The maximum Gasteiger partial charge on any atom is 0.130 e. The van der Waals surface area contributed by atoms with Crippen molar-refractivity contribution >= 4 is 32.5 Å². The van der Waals surface area contributed by atoms with Gasteiger partial charge in [0.05, 0.1) is 6.20 Å². The molecule has 0 spiro atoms. The Morgan fingerprint density at radius 1 is 1.47 bits per heavy atom. The molecule has 0 saturated heterocycles. The van der Waals surface area contributed by atoms with Gasteiger partial charge in [0.25, 0.3) is 0 Å². The Morgan fingerprint density at radius 3 is 3.07 bits per heavy atom. The lowest BCUT2D eigenvalue weighted by atomic mass is 10.2. The maximum atomic E-state index is 13.3. The molecule has 0 amide bonds. The van der Waals surface area contributed by atoms with Crippen molar-refractivity contribution in [3.05, 3.63) is 40.2 Å². The Morgan fingerprint density at radius 2 is 2.33 bits per heavy atom. The largest absolute Gasteiger partial charge is 0.370 e. The van der Waals surface area contributed by atoms with E-state index in [1.807, 2.05) is 0 Å². The molecule has 1 heterocycles. The standard InChI is InChI=1S/C9H7BrFN3S/c10-7-1-2-8(11)6(3-7)4-12-9-5-13-14-15-9/h1-3,5,12H,4H2. The van der Waals surface area contributed by atoms with E-state index in [0.717, 1.165) is 9.47 Å². The van der Waals surface area contributed by atoms with Crippen LogP contribution in [-0.2, 0) is 6.54 Å². The van der Waals surface area contributed by atoms with Crippen LogP contribution in [0.2, 0.25) is 0 Å². The highest BCUT2D eigenvalue weighted by molar-refractivity contribution is 9.10. The quantitative estimate of drug-likeness (QED) is 0.943. The third-order valence-electron chi connectivity index (χ3n) is 1.82. The number of benzene rings is 1. The van der Waals surface area contributed by atoms with E-state index in [4.69, 9.17) is 0 Å². The van der Waals surface area contributed by atoms with Crippen molar-refractivity contribution in [2.45, 2.75) is 6.54 Å². The second-order valence-corrected chi connectivity index (χ2v) is 4.57. The second-order valence-electron chi connectivity index (χ2n) is 2.87. The number of nitrogens with one attached hydrogen (secondary N) is 1. The molecule has 78 valence electrons. The van der Waals surface area contributed by atoms with Crippen LogP contribution in [0, 0.1) is 5.82 Å². The van der Waals surface area contributed by atoms with E-state index in [-0.39, 0.29) is 5.82 Å². The third-order valence-corrected chi connectivity index (χ3v) is 2.94. The van der Waals surface area contributed by atoms with Gasteiger partial charge in [-0.25, -0.2) is 4.39 Å². The van der Waals surface area contributed by atoms with E-state index < -0.39 is 0 Å². The molecule has 6 heteroatoms. The van der Waals surface area contributed by atoms with Gasteiger partial charge in [0.1, 0.15) is 10.8 Å². The molecular weight excluding hydrogens is 281 g/mol. The number of halogens is 2. The summed E-state index contributed by atoms with van der Waals surface area (Å²) in [6.07, 6.45) is 1.61. The Bertz CT molecular complexity index is 447. The molecular formula is C9H7BrFN3S. The molecule has 0 atom stereocenters. The number of nitrogens with zero attached hydrogens (tertiary/aromatic N) is 2. The first-order valence-electron chi connectivity index (χ1n) is 4.21. The van der Waals surface area contributed by atoms with Crippen LogP contribution in [0.3, 0.4) is 0 Å². The van der Waals surface area contributed by atoms with E-state index in [0.29, 0.717) is 12.1 Å². The lowest BCUT2D eigenvalue weighted by Crippen LogP contribution is -2.00. The highest BCUT2D eigenvalue weighted by atomic mass is 79.9. The van der Waals surface area contributed by atoms with Gasteiger partial charge < -0.3 is 5.32 Å². The van der Waals surface area contributed by atoms with Crippen molar-refractivity contribution in [1.29, 1.82) is 0 Å². The van der Waals surface area contributed by atoms with Gasteiger partial charge in [-0.05, 0) is 18.2 Å². The zero-order valence-electron chi connectivity index (χ0n) is 7.58. The van der Waals surface area contributed by atoms with Crippen LogP contribution in [0.1, 0.15) is 5.56 Å². The summed E-state index contributed by atoms with van der Waals surface area (Å²) in [5, 5.41) is 7.55. The van der Waals surface area contributed by atoms with E-state index in [9.17, 15) is 4.39 Å². The molecule has 1 aromatic heterocycles. The van der Waals surface area contributed by atoms with Crippen LogP contribution in [0.15, 0.2) is 28.9 Å². The van der Waals surface area contributed by atoms with Gasteiger partial charge in [-0.15, -0.1) is 5.10 Å². The summed E-state index contributed by atoms with van der Waals surface area (Å²) in [7, 11) is 0. The summed E-state index contributed by atoms with van der Waals surface area (Å²) in [4.78, 5) is 0. The summed E-state index contributed by atoms with van der Waals surface area (Å²) >= 11 is 4.54. The molecule has 1 aromatic carbocycles. The molecule has 0 aliphatic carbocycles. The normalized spacial score (nSPS) is 10.3. The van der Waals surface area contributed by atoms with E-state index >= 15 is 0 Å². The molecule has 0 aliphatic heterocycles. The highest BCUT2D eigenvalue weighted by Gasteiger charge is 2.03. The van der Waals surface area contributed by atoms with Crippen molar-refractivity contribution in [1.82, 2.24) is 9.59 Å². The van der Waals surface area contributed by atoms with Gasteiger partial charge in [0.15, 0.2) is 0 Å². The first-order chi connectivity index (χ1) is 7.25. The molecule has 2 rings (SSSR count). The van der Waals surface area contributed by atoms with Crippen LogP contribution >= 0.6 is 27.5 Å². The molecule has 15 heavy (non-hydrogen) atoms. The molecule has 1 N–H and O–H groups in total. The fourth-order valence-corrected chi connectivity index (χ4v) is 1.93. The van der Waals surface area contributed by atoms with Crippen LogP contribution in [0.25, 0.3) is 0 Å². The highest BCUT2D eigenvalue weighted by Crippen LogP contribution is 2.17. The van der Waals surface area contributed by atoms with Gasteiger partial charge >= 0.3 is 0 Å². The zero-order chi connectivity index (χ0) is 10.7. The Hall–Kier alpha value is -1.01. The number of hydrogen-bond acceptors (Lipinski definition) is 4. The van der Waals surface area contributed by atoms with E-state index in [1.165, 1.54) is 17.6 Å². The Balaban J connectivity index is 2.07. The maximum absolute atomic E-state index is 13.3. The number of anilines is 1. The topological polar surface area (TPSA) is 37.8 Å². The SMILES string of the molecule is Fc1ccc(Br)cc1CNc1cnns1. The van der Waals surface area contributed by atoms with Crippen molar-refractivity contribution < 1.29 is 4.39 Å². The number of rotatable bonds is 3. The van der Waals surface area contributed by atoms with Crippen LogP contribution in [0.4, 0.5) is 9.39 Å².